The van der Waals surface area contributed by atoms with Crippen LogP contribution in [-0.4, -0.2) is 61.4 Å². The first-order chi connectivity index (χ1) is 11.1. The quantitative estimate of drug-likeness (QED) is 0.838. The van der Waals surface area contributed by atoms with E-state index in [2.05, 4.69) is 0 Å². The molecule has 6 nitrogen and oxygen atoms in total. The van der Waals surface area contributed by atoms with E-state index in [9.17, 15) is 13.2 Å². The van der Waals surface area contributed by atoms with Gasteiger partial charge in [0.1, 0.15) is 6.17 Å². The Balaban J connectivity index is 2.45. The van der Waals surface area contributed by atoms with Crippen molar-refractivity contribution in [3.8, 4) is 0 Å². The lowest BCUT2D eigenvalue weighted by atomic mass is 10.1. The van der Waals surface area contributed by atoms with Crippen molar-refractivity contribution in [2.24, 2.45) is 5.92 Å². The summed E-state index contributed by atoms with van der Waals surface area (Å²) in [6.07, 6.45) is -0.485. The van der Waals surface area contributed by atoms with Crippen LogP contribution in [-0.2, 0) is 10.0 Å². The summed E-state index contributed by atoms with van der Waals surface area (Å²) in [5.41, 5.74) is 1.01. The first-order valence-electron chi connectivity index (χ1n) is 8.15. The smallest absolute Gasteiger partial charge is 0.321 e. The molecule has 2 unspecified atom stereocenters. The van der Waals surface area contributed by atoms with Gasteiger partial charge in [-0.15, -0.1) is 0 Å². The molecular formula is C17H27N3O3S. The van der Waals surface area contributed by atoms with Crippen LogP contribution >= 0.6 is 0 Å². The number of urea groups is 1. The zero-order chi connectivity index (χ0) is 18.2. The third-order valence-corrected chi connectivity index (χ3v) is 6.18. The van der Waals surface area contributed by atoms with Crippen LogP contribution in [0.5, 0.6) is 0 Å². The number of benzene rings is 1. The molecule has 0 radical (unpaired) electrons. The van der Waals surface area contributed by atoms with Gasteiger partial charge in [0.15, 0.2) is 0 Å². The van der Waals surface area contributed by atoms with Crippen molar-refractivity contribution >= 4 is 16.1 Å². The summed E-state index contributed by atoms with van der Waals surface area (Å²) >= 11 is 0. The number of carbonyl (C=O) groups excluding carboxylic acids is 1. The van der Waals surface area contributed by atoms with Gasteiger partial charge in [-0.25, -0.2) is 13.2 Å². The van der Waals surface area contributed by atoms with Crippen LogP contribution < -0.4 is 0 Å². The summed E-state index contributed by atoms with van der Waals surface area (Å²) in [6.45, 7) is 8.00. The summed E-state index contributed by atoms with van der Waals surface area (Å²) in [6, 6.07) is 6.50. The lowest BCUT2D eigenvalue weighted by Crippen LogP contribution is -2.51. The number of aryl methyl sites for hydroxylation is 1. The molecule has 1 aliphatic heterocycles. The fraction of sp³-hybridized carbons (Fsp3) is 0.588. The highest BCUT2D eigenvalue weighted by Crippen LogP contribution is 2.32. The molecule has 1 aromatic carbocycles. The molecular weight excluding hydrogens is 326 g/mol. The van der Waals surface area contributed by atoms with E-state index in [1.807, 2.05) is 27.7 Å². The molecule has 0 N–H and O–H groups in total. The minimum Gasteiger partial charge on any atom is -0.331 e. The molecule has 1 heterocycles. The van der Waals surface area contributed by atoms with Crippen molar-refractivity contribution < 1.29 is 13.2 Å². The SMILES string of the molecule is Cc1ccc(S(=O)(=O)N2CC(C)N(C(=O)N(C)C)C2C(C)C)cc1. The minimum atomic E-state index is -3.65. The maximum absolute atomic E-state index is 13.1. The predicted molar refractivity (Wildman–Crippen MR) is 94.1 cm³/mol. The van der Waals surface area contributed by atoms with E-state index < -0.39 is 16.2 Å². The molecule has 0 spiro atoms. The molecule has 1 saturated heterocycles. The lowest BCUT2D eigenvalue weighted by molar-refractivity contribution is 0.116. The van der Waals surface area contributed by atoms with E-state index in [4.69, 9.17) is 0 Å². The van der Waals surface area contributed by atoms with Crippen LogP contribution in [0.2, 0.25) is 0 Å². The highest BCUT2D eigenvalue weighted by Gasteiger charge is 2.47. The Morgan fingerprint density at radius 2 is 1.75 bits per heavy atom. The number of sulfonamides is 1. The maximum Gasteiger partial charge on any atom is 0.321 e. The third kappa shape index (κ3) is 3.28. The van der Waals surface area contributed by atoms with Crippen LogP contribution in [0.3, 0.4) is 0 Å². The van der Waals surface area contributed by atoms with Crippen molar-refractivity contribution in [1.29, 1.82) is 0 Å². The molecule has 134 valence electrons. The average molecular weight is 353 g/mol. The van der Waals surface area contributed by atoms with Crippen molar-refractivity contribution in [2.45, 2.75) is 44.8 Å². The van der Waals surface area contributed by atoms with Gasteiger partial charge in [-0.3, -0.25) is 0 Å². The van der Waals surface area contributed by atoms with Crippen molar-refractivity contribution in [3.63, 3.8) is 0 Å². The van der Waals surface area contributed by atoms with E-state index in [-0.39, 0.29) is 22.9 Å². The molecule has 2 rings (SSSR count). The summed E-state index contributed by atoms with van der Waals surface area (Å²) < 4.78 is 27.7. The lowest BCUT2D eigenvalue weighted by Gasteiger charge is -2.35. The molecule has 1 aliphatic rings. The Labute approximate surface area is 145 Å². The molecule has 0 saturated carbocycles. The molecule has 2 atom stereocenters. The predicted octanol–water partition coefficient (Wildman–Crippen LogP) is 2.35. The number of amides is 2. The van der Waals surface area contributed by atoms with Crippen molar-refractivity contribution in [2.75, 3.05) is 20.6 Å². The van der Waals surface area contributed by atoms with Gasteiger partial charge >= 0.3 is 6.03 Å². The van der Waals surface area contributed by atoms with Gasteiger partial charge in [-0.1, -0.05) is 31.5 Å². The molecule has 2 amide bonds. The second kappa shape index (κ2) is 6.72. The third-order valence-electron chi connectivity index (χ3n) is 4.33. The summed E-state index contributed by atoms with van der Waals surface area (Å²) in [5, 5.41) is 0. The summed E-state index contributed by atoms with van der Waals surface area (Å²) in [5.74, 6) is -0.0147. The Hall–Kier alpha value is -1.60. The van der Waals surface area contributed by atoms with Crippen LogP contribution in [0.15, 0.2) is 29.2 Å². The average Bonchev–Trinajstić information content (AvgIpc) is 2.85. The molecule has 1 aromatic rings. The van der Waals surface area contributed by atoms with Gasteiger partial charge in [0.25, 0.3) is 0 Å². The van der Waals surface area contributed by atoms with Gasteiger partial charge in [0.2, 0.25) is 10.0 Å². The Morgan fingerprint density at radius 1 is 1.21 bits per heavy atom. The van der Waals surface area contributed by atoms with Crippen molar-refractivity contribution in [3.05, 3.63) is 29.8 Å². The van der Waals surface area contributed by atoms with E-state index in [0.29, 0.717) is 6.54 Å². The molecule has 0 aliphatic carbocycles. The first-order valence-corrected chi connectivity index (χ1v) is 9.59. The number of carbonyl (C=O) groups is 1. The maximum atomic E-state index is 13.1. The molecule has 24 heavy (non-hydrogen) atoms. The fourth-order valence-electron chi connectivity index (χ4n) is 3.13. The highest BCUT2D eigenvalue weighted by atomic mass is 32.2. The topological polar surface area (TPSA) is 60.9 Å². The molecule has 7 heteroatoms. The van der Waals surface area contributed by atoms with Gasteiger partial charge < -0.3 is 9.80 Å². The fourth-order valence-corrected chi connectivity index (χ4v) is 4.92. The van der Waals surface area contributed by atoms with Crippen LogP contribution in [0.4, 0.5) is 4.79 Å². The van der Waals surface area contributed by atoms with Crippen LogP contribution in [0.1, 0.15) is 26.3 Å². The van der Waals surface area contributed by atoms with Gasteiger partial charge in [0, 0.05) is 26.7 Å². The number of nitrogens with zero attached hydrogens (tertiary/aromatic N) is 3. The zero-order valence-corrected chi connectivity index (χ0v) is 16.0. The summed E-state index contributed by atoms with van der Waals surface area (Å²) in [7, 11) is -0.286. The van der Waals surface area contributed by atoms with E-state index >= 15 is 0 Å². The second-order valence-electron chi connectivity index (χ2n) is 6.98. The monoisotopic (exact) mass is 353 g/mol. The van der Waals surface area contributed by atoms with Crippen LogP contribution in [0.25, 0.3) is 0 Å². The number of hydrogen-bond acceptors (Lipinski definition) is 3. The number of rotatable bonds is 3. The molecule has 0 bridgehead atoms. The van der Waals surface area contributed by atoms with Gasteiger partial charge in [-0.2, -0.15) is 4.31 Å². The van der Waals surface area contributed by atoms with Crippen molar-refractivity contribution in [1.82, 2.24) is 14.1 Å². The highest BCUT2D eigenvalue weighted by molar-refractivity contribution is 7.89. The Kier molecular flexibility index (Phi) is 5.25. The largest absolute Gasteiger partial charge is 0.331 e. The van der Waals surface area contributed by atoms with Crippen LogP contribution in [0, 0.1) is 12.8 Å². The Bertz CT molecular complexity index is 698. The van der Waals surface area contributed by atoms with E-state index in [0.717, 1.165) is 5.56 Å². The molecule has 1 fully saturated rings. The van der Waals surface area contributed by atoms with Gasteiger partial charge in [0.05, 0.1) is 4.90 Å². The summed E-state index contributed by atoms with van der Waals surface area (Å²) in [4.78, 5) is 16.0. The van der Waals surface area contributed by atoms with E-state index in [1.54, 1.807) is 43.3 Å². The first kappa shape index (κ1) is 18.7. The second-order valence-corrected chi connectivity index (χ2v) is 8.87. The Morgan fingerprint density at radius 3 is 2.21 bits per heavy atom. The zero-order valence-electron chi connectivity index (χ0n) is 15.2. The molecule has 0 aromatic heterocycles. The number of hydrogen-bond donors (Lipinski definition) is 0. The standard InChI is InChI=1S/C17H27N3O3S/c1-12(2)16-19(11-14(4)20(16)17(21)18(5)6)24(22,23)15-9-7-13(3)8-10-15/h7-10,12,14,16H,11H2,1-6H3. The van der Waals surface area contributed by atoms with E-state index in [1.165, 1.54) is 9.21 Å². The minimum absolute atomic E-state index is 0.0147. The normalized spacial score (nSPS) is 22.2. The van der Waals surface area contributed by atoms with Gasteiger partial charge in [-0.05, 0) is 31.9 Å².